The van der Waals surface area contributed by atoms with Gasteiger partial charge in [0.15, 0.2) is 0 Å². The zero-order chi connectivity index (χ0) is 13.4. The lowest BCUT2D eigenvalue weighted by atomic mass is 10.2. The molecule has 0 radical (unpaired) electrons. The summed E-state index contributed by atoms with van der Waals surface area (Å²) in [5.41, 5.74) is 0. The van der Waals surface area contributed by atoms with Gasteiger partial charge in [-0.1, -0.05) is 6.92 Å². The largest absolute Gasteiger partial charge is 0.469 e. The van der Waals surface area contributed by atoms with Crippen molar-refractivity contribution >= 4 is 11.9 Å². The van der Waals surface area contributed by atoms with Gasteiger partial charge in [-0.3, -0.25) is 9.59 Å². The van der Waals surface area contributed by atoms with E-state index in [4.69, 9.17) is 4.74 Å². The number of amides is 1. The molecule has 18 heavy (non-hydrogen) atoms. The zero-order valence-corrected chi connectivity index (χ0v) is 11.1. The molecule has 0 aliphatic carbocycles. The van der Waals surface area contributed by atoms with Crippen LogP contribution in [0.4, 0.5) is 0 Å². The maximum Gasteiger partial charge on any atom is 0.309 e. The van der Waals surface area contributed by atoms with Crippen molar-refractivity contribution in [2.75, 3.05) is 46.5 Å². The highest BCUT2D eigenvalue weighted by Crippen LogP contribution is 2.00. The highest BCUT2D eigenvalue weighted by atomic mass is 16.5. The summed E-state index contributed by atoms with van der Waals surface area (Å²) in [6.45, 7) is 5.51. The van der Waals surface area contributed by atoms with Gasteiger partial charge < -0.3 is 19.7 Å². The number of ether oxygens (including phenoxy) is 2. The van der Waals surface area contributed by atoms with E-state index in [1.807, 2.05) is 4.90 Å². The molecule has 6 nitrogen and oxygen atoms in total. The third kappa shape index (κ3) is 5.01. The fourth-order valence-corrected chi connectivity index (χ4v) is 1.77. The molecule has 0 saturated carbocycles. The Hall–Kier alpha value is -1.14. The number of carbonyl (C=O) groups excluding carboxylic acids is 2. The van der Waals surface area contributed by atoms with E-state index >= 15 is 0 Å². The predicted octanol–water partition coefficient (Wildman–Crippen LogP) is -0.366. The van der Waals surface area contributed by atoms with Gasteiger partial charge in [0, 0.05) is 32.6 Å². The molecule has 104 valence electrons. The Kier molecular flexibility index (Phi) is 6.67. The minimum Gasteiger partial charge on any atom is -0.469 e. The lowest BCUT2D eigenvalue weighted by molar-refractivity contribution is -0.144. The first-order chi connectivity index (χ1) is 8.65. The maximum atomic E-state index is 11.8. The van der Waals surface area contributed by atoms with Gasteiger partial charge in [-0.25, -0.2) is 0 Å². The molecule has 1 amide bonds. The summed E-state index contributed by atoms with van der Waals surface area (Å²) in [5.74, 6) is -0.285. The number of nitrogens with zero attached hydrogens (tertiary/aromatic N) is 1. The standard InChI is InChI=1S/C12H22N2O4/c1-10(12(16)17-2)9-13-4-3-11(15)14-5-7-18-8-6-14/h10,13H,3-9H2,1-2H3. The molecule has 6 heteroatoms. The molecule has 0 aromatic rings. The first-order valence-corrected chi connectivity index (χ1v) is 6.29. The van der Waals surface area contributed by atoms with Crippen LogP contribution in [0.15, 0.2) is 0 Å². The molecule has 1 N–H and O–H groups in total. The van der Waals surface area contributed by atoms with Crippen LogP contribution in [-0.4, -0.2) is 63.3 Å². The molecule has 0 aromatic carbocycles. The van der Waals surface area contributed by atoms with Crippen LogP contribution in [0.2, 0.25) is 0 Å². The number of esters is 1. The first-order valence-electron chi connectivity index (χ1n) is 6.29. The predicted molar refractivity (Wildman–Crippen MR) is 66.1 cm³/mol. The number of hydrogen-bond acceptors (Lipinski definition) is 5. The molecular formula is C12H22N2O4. The van der Waals surface area contributed by atoms with Gasteiger partial charge in [0.1, 0.15) is 0 Å². The van der Waals surface area contributed by atoms with Crippen molar-refractivity contribution < 1.29 is 19.1 Å². The molecular weight excluding hydrogens is 236 g/mol. The molecule has 1 atom stereocenters. The summed E-state index contributed by atoms with van der Waals surface area (Å²) in [6.07, 6.45) is 0.452. The van der Waals surface area contributed by atoms with Crippen LogP contribution in [0, 0.1) is 5.92 Å². The number of hydrogen-bond donors (Lipinski definition) is 1. The Morgan fingerprint density at radius 3 is 2.67 bits per heavy atom. The van der Waals surface area contributed by atoms with E-state index < -0.39 is 0 Å². The van der Waals surface area contributed by atoms with Gasteiger partial charge in [0.25, 0.3) is 0 Å². The first kappa shape index (κ1) is 14.9. The molecule has 1 fully saturated rings. The van der Waals surface area contributed by atoms with Crippen LogP contribution in [0.1, 0.15) is 13.3 Å². The average Bonchev–Trinajstić information content (AvgIpc) is 2.43. The maximum absolute atomic E-state index is 11.8. The fourth-order valence-electron chi connectivity index (χ4n) is 1.77. The van der Waals surface area contributed by atoms with Crippen LogP contribution in [0.3, 0.4) is 0 Å². The van der Waals surface area contributed by atoms with Crippen molar-refractivity contribution in [3.63, 3.8) is 0 Å². The molecule has 1 rings (SSSR count). The van der Waals surface area contributed by atoms with Crippen LogP contribution in [0.5, 0.6) is 0 Å². The number of methoxy groups -OCH3 is 1. The summed E-state index contributed by atoms with van der Waals surface area (Å²) in [7, 11) is 1.38. The van der Waals surface area contributed by atoms with E-state index in [0.29, 0.717) is 45.8 Å². The second-order valence-corrected chi connectivity index (χ2v) is 4.37. The topological polar surface area (TPSA) is 67.9 Å². The third-order valence-corrected chi connectivity index (χ3v) is 2.93. The van der Waals surface area contributed by atoms with Gasteiger partial charge in [-0.05, 0) is 0 Å². The lowest BCUT2D eigenvalue weighted by Crippen LogP contribution is -2.41. The molecule has 1 heterocycles. The Morgan fingerprint density at radius 1 is 1.39 bits per heavy atom. The van der Waals surface area contributed by atoms with Crippen molar-refractivity contribution in [3.05, 3.63) is 0 Å². The van der Waals surface area contributed by atoms with Crippen molar-refractivity contribution in [2.24, 2.45) is 5.92 Å². The second-order valence-electron chi connectivity index (χ2n) is 4.37. The summed E-state index contributed by atoms with van der Waals surface area (Å²) in [4.78, 5) is 24.7. The highest BCUT2D eigenvalue weighted by Gasteiger charge is 2.16. The summed E-state index contributed by atoms with van der Waals surface area (Å²) in [6, 6.07) is 0. The fraction of sp³-hybridized carbons (Fsp3) is 0.833. The van der Waals surface area contributed by atoms with Gasteiger partial charge in [-0.2, -0.15) is 0 Å². The quantitative estimate of drug-likeness (QED) is 0.520. The summed E-state index contributed by atoms with van der Waals surface area (Å²) >= 11 is 0. The van der Waals surface area contributed by atoms with E-state index in [9.17, 15) is 9.59 Å². The molecule has 0 bridgehead atoms. The minimum absolute atomic E-state index is 0.136. The highest BCUT2D eigenvalue weighted by molar-refractivity contribution is 5.76. The number of carbonyl (C=O) groups is 2. The Bertz CT molecular complexity index is 277. The Balaban J connectivity index is 2.10. The molecule has 1 unspecified atom stereocenters. The van der Waals surface area contributed by atoms with Gasteiger partial charge in [0.2, 0.25) is 5.91 Å². The van der Waals surface area contributed by atoms with E-state index in [2.05, 4.69) is 10.1 Å². The minimum atomic E-state index is -0.234. The summed E-state index contributed by atoms with van der Waals surface area (Å²) in [5, 5.41) is 3.09. The molecule has 1 aliphatic rings. The normalized spacial score (nSPS) is 17.3. The molecule has 1 saturated heterocycles. The van der Waals surface area contributed by atoms with Crippen LogP contribution in [0.25, 0.3) is 0 Å². The van der Waals surface area contributed by atoms with Gasteiger partial charge in [0.05, 0.1) is 26.2 Å². The summed E-state index contributed by atoms with van der Waals surface area (Å²) < 4.78 is 9.80. The lowest BCUT2D eigenvalue weighted by Gasteiger charge is -2.26. The van der Waals surface area contributed by atoms with Crippen LogP contribution in [-0.2, 0) is 19.1 Å². The zero-order valence-electron chi connectivity index (χ0n) is 11.1. The van der Waals surface area contributed by atoms with E-state index in [1.54, 1.807) is 6.92 Å². The average molecular weight is 258 g/mol. The molecule has 0 spiro atoms. The number of nitrogens with one attached hydrogen (secondary N) is 1. The van der Waals surface area contributed by atoms with Crippen LogP contribution >= 0.6 is 0 Å². The van der Waals surface area contributed by atoms with E-state index in [0.717, 1.165) is 0 Å². The van der Waals surface area contributed by atoms with Crippen molar-refractivity contribution in [2.45, 2.75) is 13.3 Å². The van der Waals surface area contributed by atoms with Gasteiger partial charge in [-0.15, -0.1) is 0 Å². The van der Waals surface area contributed by atoms with Gasteiger partial charge >= 0.3 is 5.97 Å². The molecule has 1 aliphatic heterocycles. The third-order valence-electron chi connectivity index (χ3n) is 2.93. The van der Waals surface area contributed by atoms with Crippen molar-refractivity contribution in [3.8, 4) is 0 Å². The van der Waals surface area contributed by atoms with E-state index in [1.165, 1.54) is 7.11 Å². The Morgan fingerprint density at radius 2 is 2.06 bits per heavy atom. The van der Waals surface area contributed by atoms with E-state index in [-0.39, 0.29) is 17.8 Å². The smallest absolute Gasteiger partial charge is 0.309 e. The molecule has 0 aromatic heterocycles. The second kappa shape index (κ2) is 8.05. The van der Waals surface area contributed by atoms with Crippen molar-refractivity contribution in [1.82, 2.24) is 10.2 Å². The Labute approximate surface area is 108 Å². The number of morpholine rings is 1. The van der Waals surface area contributed by atoms with Crippen molar-refractivity contribution in [1.29, 1.82) is 0 Å². The monoisotopic (exact) mass is 258 g/mol. The van der Waals surface area contributed by atoms with Crippen LogP contribution < -0.4 is 5.32 Å². The number of rotatable bonds is 6. The SMILES string of the molecule is COC(=O)C(C)CNCCC(=O)N1CCOCC1.